The van der Waals surface area contributed by atoms with Gasteiger partial charge in [0.1, 0.15) is 5.69 Å². The molecule has 10 heteroatoms. The highest BCUT2D eigenvalue weighted by molar-refractivity contribution is 7.99. The van der Waals surface area contributed by atoms with E-state index in [9.17, 15) is 10.1 Å². The summed E-state index contributed by atoms with van der Waals surface area (Å²) in [5, 5.41) is 22.6. The topological polar surface area (TPSA) is 139 Å². The highest BCUT2D eigenvalue weighted by Gasteiger charge is 2.21. The van der Waals surface area contributed by atoms with Crippen LogP contribution in [0.2, 0.25) is 0 Å². The summed E-state index contributed by atoms with van der Waals surface area (Å²) in [6, 6.07) is 0. The number of nitro groups is 1. The third kappa shape index (κ3) is 4.79. The molecule has 20 heavy (non-hydrogen) atoms. The fraction of sp³-hybridized carbons (Fsp3) is 0.600. The lowest BCUT2D eigenvalue weighted by Gasteiger charge is -2.09. The zero-order valence-electron chi connectivity index (χ0n) is 11.1. The van der Waals surface area contributed by atoms with E-state index < -0.39 is 4.92 Å². The first-order valence-electron chi connectivity index (χ1n) is 6.02. The highest BCUT2D eigenvalue weighted by atomic mass is 32.2. The second-order valence-electron chi connectivity index (χ2n) is 3.85. The maximum atomic E-state index is 11.0. The summed E-state index contributed by atoms with van der Waals surface area (Å²) in [6.07, 6.45) is 0.735. The summed E-state index contributed by atoms with van der Waals surface area (Å²) in [5.74, 6) is 7.10. The van der Waals surface area contributed by atoms with Crippen molar-refractivity contribution in [3.63, 3.8) is 0 Å². The number of aliphatic hydroxyl groups is 1. The van der Waals surface area contributed by atoms with E-state index in [2.05, 4.69) is 20.7 Å². The number of nitrogens with zero attached hydrogens (tertiary/aromatic N) is 3. The number of rotatable bonds is 9. The molecular weight excluding hydrogens is 284 g/mol. The van der Waals surface area contributed by atoms with Crippen LogP contribution in [-0.2, 0) is 0 Å². The van der Waals surface area contributed by atoms with Gasteiger partial charge in [-0.3, -0.25) is 15.5 Å². The Morgan fingerprint density at radius 1 is 1.45 bits per heavy atom. The molecule has 0 atom stereocenters. The Hall–Kier alpha value is -1.65. The van der Waals surface area contributed by atoms with Crippen LogP contribution in [0, 0.1) is 17.0 Å². The summed E-state index contributed by atoms with van der Waals surface area (Å²) < 4.78 is 0. The fourth-order valence-corrected chi connectivity index (χ4v) is 2.27. The minimum atomic E-state index is -0.517. The lowest BCUT2D eigenvalue weighted by atomic mass is 10.3. The largest absolute Gasteiger partial charge is 0.396 e. The number of hydrogen-bond acceptors (Lipinski definition) is 9. The average molecular weight is 302 g/mol. The number of nitrogens with two attached hydrogens (primary N) is 1. The Bertz CT molecular complexity index is 459. The second kappa shape index (κ2) is 8.51. The lowest BCUT2D eigenvalue weighted by Crippen LogP contribution is -2.15. The van der Waals surface area contributed by atoms with Gasteiger partial charge in [-0.05, 0) is 19.1 Å². The molecule has 0 aromatic carbocycles. The van der Waals surface area contributed by atoms with Crippen LogP contribution in [0.1, 0.15) is 12.1 Å². The SMILES string of the molecule is Cc1nc(NN)nc(NCCSCCCO)c1[N+](=O)[O-]. The van der Waals surface area contributed by atoms with Gasteiger partial charge in [0.2, 0.25) is 11.8 Å². The third-order valence-electron chi connectivity index (χ3n) is 2.36. The first-order valence-corrected chi connectivity index (χ1v) is 7.17. The highest BCUT2D eigenvalue weighted by Crippen LogP contribution is 2.26. The van der Waals surface area contributed by atoms with E-state index in [0.717, 1.165) is 17.9 Å². The van der Waals surface area contributed by atoms with Crippen LogP contribution in [-0.4, -0.2) is 44.7 Å². The van der Waals surface area contributed by atoms with Crippen molar-refractivity contribution >= 4 is 29.2 Å². The van der Waals surface area contributed by atoms with Gasteiger partial charge < -0.3 is 10.4 Å². The number of anilines is 2. The number of hydrogen-bond donors (Lipinski definition) is 4. The van der Waals surface area contributed by atoms with Crippen molar-refractivity contribution in [3.05, 3.63) is 15.8 Å². The molecule has 1 aromatic rings. The Kier molecular flexibility index (Phi) is 6.98. The number of aromatic nitrogens is 2. The van der Waals surface area contributed by atoms with E-state index in [1.165, 1.54) is 6.92 Å². The molecule has 0 fully saturated rings. The summed E-state index contributed by atoms with van der Waals surface area (Å²) >= 11 is 1.65. The van der Waals surface area contributed by atoms with Crippen molar-refractivity contribution in [2.24, 2.45) is 5.84 Å². The number of thioether (sulfide) groups is 1. The lowest BCUT2D eigenvalue weighted by molar-refractivity contribution is -0.385. The molecule has 1 heterocycles. The van der Waals surface area contributed by atoms with Crippen LogP contribution in [0.15, 0.2) is 0 Å². The van der Waals surface area contributed by atoms with Crippen LogP contribution in [0.4, 0.5) is 17.5 Å². The first-order chi connectivity index (χ1) is 9.60. The van der Waals surface area contributed by atoms with Gasteiger partial charge in [-0.2, -0.15) is 16.7 Å². The Morgan fingerprint density at radius 3 is 2.80 bits per heavy atom. The molecule has 0 spiro atoms. The summed E-state index contributed by atoms with van der Waals surface area (Å²) in [7, 11) is 0. The number of nitrogen functional groups attached to an aromatic ring is 1. The normalized spacial score (nSPS) is 10.3. The molecule has 0 aliphatic heterocycles. The quantitative estimate of drug-likeness (QED) is 0.222. The van der Waals surface area contributed by atoms with Crippen LogP contribution in [0.25, 0.3) is 0 Å². The van der Waals surface area contributed by atoms with Crippen molar-refractivity contribution in [1.29, 1.82) is 0 Å². The molecule has 9 nitrogen and oxygen atoms in total. The number of nitrogens with one attached hydrogen (secondary N) is 2. The van der Waals surface area contributed by atoms with Gasteiger partial charge in [0.25, 0.3) is 0 Å². The number of aliphatic hydroxyl groups excluding tert-OH is 1. The van der Waals surface area contributed by atoms with Gasteiger partial charge in [0, 0.05) is 18.9 Å². The van der Waals surface area contributed by atoms with E-state index in [1.807, 2.05) is 0 Å². The van der Waals surface area contributed by atoms with E-state index in [4.69, 9.17) is 10.9 Å². The molecule has 0 saturated heterocycles. The van der Waals surface area contributed by atoms with Crippen LogP contribution in [0.5, 0.6) is 0 Å². The Morgan fingerprint density at radius 2 is 2.20 bits per heavy atom. The van der Waals surface area contributed by atoms with Crippen molar-refractivity contribution < 1.29 is 10.0 Å². The molecule has 0 aliphatic carbocycles. The van der Waals surface area contributed by atoms with Crippen LogP contribution >= 0.6 is 11.8 Å². The molecular formula is C10H18N6O3S. The maximum absolute atomic E-state index is 11.0. The number of aryl methyl sites for hydroxylation is 1. The molecule has 0 unspecified atom stereocenters. The van der Waals surface area contributed by atoms with Crippen molar-refractivity contribution in [3.8, 4) is 0 Å². The predicted molar refractivity (Wildman–Crippen MR) is 78.8 cm³/mol. The van der Waals surface area contributed by atoms with E-state index >= 15 is 0 Å². The standard InChI is InChI=1S/C10H18N6O3S/c1-7-8(16(18)19)9(14-10(13-7)15-11)12-3-6-20-5-2-4-17/h17H,2-6,11H2,1H3,(H2,12,13,14,15). The Labute approximate surface area is 120 Å². The number of hydrazine groups is 1. The monoisotopic (exact) mass is 302 g/mol. The van der Waals surface area contributed by atoms with Crippen molar-refractivity contribution in [1.82, 2.24) is 9.97 Å². The van der Waals surface area contributed by atoms with Gasteiger partial charge in [-0.15, -0.1) is 0 Å². The van der Waals surface area contributed by atoms with Gasteiger partial charge in [0.15, 0.2) is 0 Å². The zero-order valence-corrected chi connectivity index (χ0v) is 11.9. The second-order valence-corrected chi connectivity index (χ2v) is 5.07. The molecule has 0 bridgehead atoms. The minimum absolute atomic E-state index is 0.128. The molecule has 112 valence electrons. The third-order valence-corrected chi connectivity index (χ3v) is 3.43. The van der Waals surface area contributed by atoms with Crippen LogP contribution < -0.4 is 16.6 Å². The van der Waals surface area contributed by atoms with Gasteiger partial charge in [-0.1, -0.05) is 0 Å². The molecule has 0 saturated carbocycles. The van der Waals surface area contributed by atoms with Gasteiger partial charge in [0.05, 0.1) is 4.92 Å². The van der Waals surface area contributed by atoms with Gasteiger partial charge in [-0.25, -0.2) is 10.8 Å². The van der Waals surface area contributed by atoms with Crippen molar-refractivity contribution in [2.45, 2.75) is 13.3 Å². The molecule has 1 rings (SSSR count). The first kappa shape index (κ1) is 16.4. The Balaban J connectivity index is 2.67. The van der Waals surface area contributed by atoms with E-state index in [0.29, 0.717) is 6.54 Å². The molecule has 5 N–H and O–H groups in total. The fourth-order valence-electron chi connectivity index (χ4n) is 1.48. The van der Waals surface area contributed by atoms with E-state index in [1.54, 1.807) is 11.8 Å². The summed E-state index contributed by atoms with van der Waals surface area (Å²) in [4.78, 5) is 18.3. The predicted octanol–water partition coefficient (Wildman–Crippen LogP) is 0.506. The summed E-state index contributed by atoms with van der Waals surface area (Å²) in [6.45, 7) is 2.22. The van der Waals surface area contributed by atoms with E-state index in [-0.39, 0.29) is 29.8 Å². The molecule has 1 aromatic heterocycles. The van der Waals surface area contributed by atoms with Crippen molar-refractivity contribution in [2.75, 3.05) is 35.4 Å². The summed E-state index contributed by atoms with van der Waals surface area (Å²) in [5.41, 5.74) is 2.37. The molecule has 0 aliphatic rings. The average Bonchev–Trinajstić information content (AvgIpc) is 2.41. The maximum Gasteiger partial charge on any atom is 0.332 e. The molecule has 0 radical (unpaired) electrons. The van der Waals surface area contributed by atoms with Crippen LogP contribution in [0.3, 0.4) is 0 Å². The smallest absolute Gasteiger partial charge is 0.332 e. The van der Waals surface area contributed by atoms with Gasteiger partial charge >= 0.3 is 5.69 Å². The zero-order chi connectivity index (χ0) is 15.0. The molecule has 0 amide bonds. The minimum Gasteiger partial charge on any atom is -0.396 e.